The van der Waals surface area contributed by atoms with Gasteiger partial charge in [0, 0.05) is 44.6 Å². The second-order valence-corrected chi connectivity index (χ2v) is 9.88. The molecule has 2 aliphatic heterocycles. The van der Waals surface area contributed by atoms with Crippen molar-refractivity contribution in [1.82, 2.24) is 9.80 Å². The molecule has 9 heteroatoms. The first-order valence-corrected chi connectivity index (χ1v) is 13.4. The Bertz CT molecular complexity index is 1180. The summed E-state index contributed by atoms with van der Waals surface area (Å²) in [5, 5.41) is 30.7. The van der Waals surface area contributed by atoms with Gasteiger partial charge in [0.2, 0.25) is 0 Å². The predicted molar refractivity (Wildman–Crippen MR) is 142 cm³/mol. The molecule has 200 valence electrons. The third kappa shape index (κ3) is 5.22. The zero-order valence-electron chi connectivity index (χ0n) is 22.3. The number of fused-ring (bicyclic) bond motifs is 1. The van der Waals surface area contributed by atoms with E-state index < -0.39 is 11.3 Å². The summed E-state index contributed by atoms with van der Waals surface area (Å²) < 4.78 is 17.5. The summed E-state index contributed by atoms with van der Waals surface area (Å²) in [6.45, 7) is 11.2. The molecule has 0 bridgehead atoms. The van der Waals surface area contributed by atoms with Crippen molar-refractivity contribution in [3.63, 3.8) is 0 Å². The van der Waals surface area contributed by atoms with E-state index in [4.69, 9.17) is 19.9 Å². The summed E-state index contributed by atoms with van der Waals surface area (Å²) in [6.07, 6.45) is 3.02. The van der Waals surface area contributed by atoms with Gasteiger partial charge in [-0.3, -0.25) is 9.80 Å². The van der Waals surface area contributed by atoms with Gasteiger partial charge in [0.15, 0.2) is 16.9 Å². The molecule has 1 saturated heterocycles. The first kappa shape index (κ1) is 27.5. The Morgan fingerprint density at radius 1 is 1.05 bits per heavy atom. The van der Waals surface area contributed by atoms with E-state index in [1.54, 1.807) is 0 Å². The lowest BCUT2D eigenvalue weighted by molar-refractivity contribution is 0.0321. The van der Waals surface area contributed by atoms with Crippen molar-refractivity contribution in [3.8, 4) is 29.7 Å². The van der Waals surface area contributed by atoms with Crippen molar-refractivity contribution in [2.24, 2.45) is 17.1 Å². The van der Waals surface area contributed by atoms with Crippen LogP contribution in [0.4, 0.5) is 0 Å². The molecule has 0 saturated carbocycles. The number of benzene rings is 1. The SMILES string of the molecule is CCCN1CC=C2C(C#N)=C(N)C(C#N)(C#N)[C@@H](c3ccc(OCCN4CCOCC4)c(OCC)c3)[C@@H]2C1. The van der Waals surface area contributed by atoms with Crippen LogP contribution in [-0.4, -0.2) is 75.5 Å². The van der Waals surface area contributed by atoms with Crippen LogP contribution < -0.4 is 15.2 Å². The molecule has 1 fully saturated rings. The third-order valence-electron chi connectivity index (χ3n) is 7.68. The molecule has 1 aromatic carbocycles. The van der Waals surface area contributed by atoms with Crippen LogP contribution in [0.5, 0.6) is 11.5 Å². The molecule has 0 amide bonds. The largest absolute Gasteiger partial charge is 0.490 e. The lowest BCUT2D eigenvalue weighted by atomic mass is 9.58. The highest BCUT2D eigenvalue weighted by Gasteiger charge is 2.54. The van der Waals surface area contributed by atoms with Crippen LogP contribution >= 0.6 is 0 Å². The van der Waals surface area contributed by atoms with Crippen molar-refractivity contribution in [3.05, 3.63) is 46.7 Å². The third-order valence-corrected chi connectivity index (χ3v) is 7.68. The van der Waals surface area contributed by atoms with Crippen LogP contribution in [0, 0.1) is 45.3 Å². The van der Waals surface area contributed by atoms with Gasteiger partial charge in [-0.25, -0.2) is 0 Å². The highest BCUT2D eigenvalue weighted by atomic mass is 16.5. The standard InChI is InChI=1S/C29H36N6O3/c1-3-8-35-9-7-22-23(17-30)28(33)29(19-31,20-32)27(24(22)18-35)21-5-6-25(26(16-21)37-4-2)38-15-12-34-10-13-36-14-11-34/h5-7,16,24,27H,3-4,8-15,18,33H2,1-2H3/t24-,27+/m1/s1. The van der Waals surface area contributed by atoms with E-state index >= 15 is 0 Å². The number of morpholine rings is 1. The zero-order chi connectivity index (χ0) is 27.1. The second-order valence-electron chi connectivity index (χ2n) is 9.88. The average molecular weight is 517 g/mol. The van der Waals surface area contributed by atoms with Gasteiger partial charge in [0.25, 0.3) is 0 Å². The summed E-state index contributed by atoms with van der Waals surface area (Å²) in [6, 6.07) is 12.3. The summed E-state index contributed by atoms with van der Waals surface area (Å²) in [4.78, 5) is 4.60. The van der Waals surface area contributed by atoms with Crippen molar-refractivity contribution >= 4 is 0 Å². The summed E-state index contributed by atoms with van der Waals surface area (Å²) in [7, 11) is 0. The molecule has 1 aromatic rings. The van der Waals surface area contributed by atoms with Crippen LogP contribution in [0.15, 0.2) is 41.1 Å². The normalized spacial score (nSPS) is 23.4. The maximum atomic E-state index is 10.4. The van der Waals surface area contributed by atoms with Gasteiger partial charge in [-0.1, -0.05) is 19.1 Å². The van der Waals surface area contributed by atoms with Gasteiger partial charge in [-0.2, -0.15) is 15.8 Å². The van der Waals surface area contributed by atoms with Crippen molar-refractivity contribution < 1.29 is 14.2 Å². The number of hydrogen-bond donors (Lipinski definition) is 1. The van der Waals surface area contributed by atoms with Gasteiger partial charge in [-0.05, 0) is 43.2 Å². The van der Waals surface area contributed by atoms with E-state index in [-0.39, 0.29) is 17.2 Å². The minimum atomic E-state index is -1.68. The first-order valence-electron chi connectivity index (χ1n) is 13.4. The Hall–Kier alpha value is -3.55. The number of ether oxygens (including phenoxy) is 3. The smallest absolute Gasteiger partial charge is 0.191 e. The lowest BCUT2D eigenvalue weighted by Crippen LogP contribution is -2.48. The average Bonchev–Trinajstić information content (AvgIpc) is 2.94. The van der Waals surface area contributed by atoms with Crippen molar-refractivity contribution in [2.45, 2.75) is 26.2 Å². The molecule has 0 aromatic heterocycles. The van der Waals surface area contributed by atoms with Crippen LogP contribution in [-0.2, 0) is 4.74 Å². The number of allylic oxidation sites excluding steroid dienone is 2. The lowest BCUT2D eigenvalue weighted by Gasteiger charge is -2.45. The molecule has 3 aliphatic rings. The van der Waals surface area contributed by atoms with Crippen LogP contribution in [0.25, 0.3) is 0 Å². The number of rotatable bonds is 9. The highest BCUT2D eigenvalue weighted by molar-refractivity contribution is 5.60. The Morgan fingerprint density at radius 3 is 2.47 bits per heavy atom. The zero-order valence-corrected chi connectivity index (χ0v) is 22.3. The molecule has 2 N–H and O–H groups in total. The van der Waals surface area contributed by atoms with Gasteiger partial charge >= 0.3 is 0 Å². The molecular weight excluding hydrogens is 480 g/mol. The Balaban J connectivity index is 1.71. The van der Waals surface area contributed by atoms with E-state index in [0.29, 0.717) is 37.8 Å². The van der Waals surface area contributed by atoms with E-state index in [9.17, 15) is 15.8 Å². The minimum absolute atomic E-state index is 0.0326. The minimum Gasteiger partial charge on any atom is -0.490 e. The predicted octanol–water partition coefficient (Wildman–Crippen LogP) is 2.93. The van der Waals surface area contributed by atoms with Crippen LogP contribution in [0.3, 0.4) is 0 Å². The number of nitrogens with two attached hydrogens (primary N) is 1. The molecular formula is C29H36N6O3. The number of nitrogens with zero attached hydrogens (tertiary/aromatic N) is 5. The Morgan fingerprint density at radius 2 is 1.82 bits per heavy atom. The maximum Gasteiger partial charge on any atom is 0.191 e. The van der Waals surface area contributed by atoms with E-state index in [1.165, 1.54) is 0 Å². The summed E-state index contributed by atoms with van der Waals surface area (Å²) in [5.41, 5.74) is 6.68. The van der Waals surface area contributed by atoms with E-state index in [0.717, 1.165) is 57.0 Å². The fraction of sp³-hybridized carbons (Fsp3) is 0.552. The molecule has 38 heavy (non-hydrogen) atoms. The number of hydrogen-bond acceptors (Lipinski definition) is 9. The Kier molecular flexibility index (Phi) is 8.92. The Labute approximate surface area is 225 Å². The molecule has 0 unspecified atom stereocenters. The van der Waals surface area contributed by atoms with Gasteiger partial charge < -0.3 is 19.9 Å². The highest BCUT2D eigenvalue weighted by Crippen LogP contribution is 2.54. The topological polar surface area (TPSA) is 132 Å². The summed E-state index contributed by atoms with van der Waals surface area (Å²) >= 11 is 0. The van der Waals surface area contributed by atoms with Gasteiger partial charge in [-0.15, -0.1) is 0 Å². The molecule has 4 rings (SSSR count). The number of nitriles is 3. The van der Waals surface area contributed by atoms with E-state index in [1.807, 2.05) is 31.2 Å². The molecule has 1 aliphatic carbocycles. The van der Waals surface area contributed by atoms with Crippen LogP contribution in [0.2, 0.25) is 0 Å². The second kappa shape index (κ2) is 12.3. The fourth-order valence-corrected chi connectivity index (χ4v) is 5.83. The van der Waals surface area contributed by atoms with E-state index in [2.05, 4.69) is 34.9 Å². The van der Waals surface area contributed by atoms with Crippen LogP contribution in [0.1, 0.15) is 31.7 Å². The summed E-state index contributed by atoms with van der Waals surface area (Å²) in [5.74, 6) is 0.380. The molecule has 0 radical (unpaired) electrons. The quantitative estimate of drug-likeness (QED) is 0.526. The van der Waals surface area contributed by atoms with Gasteiger partial charge in [0.05, 0.1) is 43.2 Å². The van der Waals surface area contributed by atoms with Gasteiger partial charge in [0.1, 0.15) is 12.7 Å². The molecule has 0 spiro atoms. The first-order chi connectivity index (χ1) is 18.5. The fourth-order valence-electron chi connectivity index (χ4n) is 5.83. The van der Waals surface area contributed by atoms with Crippen molar-refractivity contribution in [1.29, 1.82) is 15.8 Å². The maximum absolute atomic E-state index is 10.4. The molecule has 2 atom stereocenters. The van der Waals surface area contributed by atoms with Crippen molar-refractivity contribution in [2.75, 3.05) is 65.7 Å². The molecule has 2 heterocycles. The molecule has 9 nitrogen and oxygen atoms in total. The monoisotopic (exact) mass is 516 g/mol.